The zero-order valence-corrected chi connectivity index (χ0v) is 15.0. The maximum absolute atomic E-state index is 8.87. The molecule has 2 aromatic heterocycles. The standard InChI is InChI=1S/C16H16BrN7/c1-11(2)9-23-15(17)14(8-19-23)16-20-21-22-24(16)10-13-5-3-12(7-18)4-6-13/h3-6,8,11H,9-10H2,1-2H3. The molecule has 8 heteroatoms. The summed E-state index contributed by atoms with van der Waals surface area (Å²) in [5.41, 5.74) is 2.51. The number of rotatable bonds is 5. The highest BCUT2D eigenvalue weighted by Crippen LogP contribution is 2.27. The number of aromatic nitrogens is 6. The van der Waals surface area contributed by atoms with Crippen LogP contribution in [0.5, 0.6) is 0 Å². The van der Waals surface area contributed by atoms with E-state index in [-0.39, 0.29) is 0 Å². The largest absolute Gasteiger partial charge is 0.257 e. The molecule has 3 aromatic rings. The second-order valence-corrected chi connectivity index (χ2v) is 6.65. The van der Waals surface area contributed by atoms with E-state index in [1.807, 2.05) is 16.8 Å². The molecule has 2 heterocycles. The highest BCUT2D eigenvalue weighted by Gasteiger charge is 2.17. The van der Waals surface area contributed by atoms with Gasteiger partial charge in [-0.15, -0.1) is 5.10 Å². The summed E-state index contributed by atoms with van der Waals surface area (Å²) in [6.45, 7) is 5.62. The van der Waals surface area contributed by atoms with Gasteiger partial charge < -0.3 is 0 Å². The predicted octanol–water partition coefficient (Wildman–Crippen LogP) is 2.88. The molecule has 0 bridgehead atoms. The number of nitrogens with zero attached hydrogens (tertiary/aromatic N) is 7. The third kappa shape index (κ3) is 3.36. The molecule has 0 radical (unpaired) electrons. The van der Waals surface area contributed by atoms with Gasteiger partial charge in [0.05, 0.1) is 29.9 Å². The van der Waals surface area contributed by atoms with Gasteiger partial charge >= 0.3 is 0 Å². The predicted molar refractivity (Wildman–Crippen MR) is 91.8 cm³/mol. The third-order valence-electron chi connectivity index (χ3n) is 3.50. The van der Waals surface area contributed by atoms with Crippen molar-refractivity contribution in [2.45, 2.75) is 26.9 Å². The van der Waals surface area contributed by atoms with Gasteiger partial charge in [0.25, 0.3) is 0 Å². The molecule has 0 saturated carbocycles. The molecule has 1 aromatic carbocycles. The molecule has 0 amide bonds. The molecule has 0 spiro atoms. The number of benzene rings is 1. The van der Waals surface area contributed by atoms with Crippen molar-refractivity contribution in [2.24, 2.45) is 5.92 Å². The number of nitriles is 1. The summed E-state index contributed by atoms with van der Waals surface area (Å²) in [6.07, 6.45) is 1.77. The summed E-state index contributed by atoms with van der Waals surface area (Å²) < 4.78 is 4.50. The van der Waals surface area contributed by atoms with Crippen LogP contribution >= 0.6 is 15.9 Å². The first-order valence-corrected chi connectivity index (χ1v) is 8.34. The fourth-order valence-electron chi connectivity index (χ4n) is 2.36. The van der Waals surface area contributed by atoms with Gasteiger partial charge in [-0.3, -0.25) is 4.68 Å². The van der Waals surface area contributed by atoms with E-state index < -0.39 is 0 Å². The lowest BCUT2D eigenvalue weighted by atomic mass is 10.1. The summed E-state index contributed by atoms with van der Waals surface area (Å²) in [5.74, 6) is 1.14. The Morgan fingerprint density at radius 2 is 1.96 bits per heavy atom. The van der Waals surface area contributed by atoms with Crippen LogP contribution < -0.4 is 0 Å². The molecule has 24 heavy (non-hydrogen) atoms. The van der Waals surface area contributed by atoms with Crippen molar-refractivity contribution in [3.8, 4) is 17.5 Å². The summed E-state index contributed by atoms with van der Waals surface area (Å²) in [5, 5.41) is 25.3. The Hall–Kier alpha value is -2.53. The topological polar surface area (TPSA) is 85.2 Å². The molecule has 0 saturated heterocycles. The molecule has 0 N–H and O–H groups in total. The molecule has 0 aliphatic rings. The van der Waals surface area contributed by atoms with Crippen molar-refractivity contribution in [1.29, 1.82) is 5.26 Å². The lowest BCUT2D eigenvalue weighted by Gasteiger charge is -2.07. The maximum Gasteiger partial charge on any atom is 0.186 e. The average molecular weight is 386 g/mol. The van der Waals surface area contributed by atoms with E-state index in [1.54, 1.807) is 23.0 Å². The van der Waals surface area contributed by atoms with Gasteiger partial charge in [0.15, 0.2) is 5.82 Å². The van der Waals surface area contributed by atoms with E-state index in [9.17, 15) is 0 Å². The van der Waals surface area contributed by atoms with Gasteiger partial charge in [0.2, 0.25) is 0 Å². The van der Waals surface area contributed by atoms with Crippen LogP contribution in [0, 0.1) is 17.2 Å². The van der Waals surface area contributed by atoms with Crippen molar-refractivity contribution in [3.05, 3.63) is 46.2 Å². The van der Waals surface area contributed by atoms with Gasteiger partial charge in [-0.1, -0.05) is 26.0 Å². The average Bonchev–Trinajstić information content (AvgIpc) is 3.15. The Balaban J connectivity index is 1.88. The Bertz CT molecular complexity index is 871. The normalized spacial score (nSPS) is 11.0. The minimum Gasteiger partial charge on any atom is -0.257 e. The van der Waals surface area contributed by atoms with Crippen LogP contribution in [0.4, 0.5) is 0 Å². The fourth-order valence-corrected chi connectivity index (χ4v) is 2.87. The summed E-state index contributed by atoms with van der Waals surface area (Å²) in [6, 6.07) is 9.49. The molecule has 0 fully saturated rings. The Labute approximate surface area is 148 Å². The van der Waals surface area contributed by atoms with Gasteiger partial charge in [0.1, 0.15) is 4.60 Å². The molecular formula is C16H16BrN7. The van der Waals surface area contributed by atoms with E-state index in [0.717, 1.165) is 22.3 Å². The fraction of sp³-hybridized carbons (Fsp3) is 0.312. The molecule has 3 rings (SSSR count). The Kier molecular flexibility index (Phi) is 4.71. The van der Waals surface area contributed by atoms with Gasteiger partial charge in [-0.05, 0) is 50.0 Å². The smallest absolute Gasteiger partial charge is 0.186 e. The molecule has 122 valence electrons. The minimum atomic E-state index is 0.490. The summed E-state index contributed by atoms with van der Waals surface area (Å²) in [4.78, 5) is 0. The molecule has 0 aliphatic carbocycles. The van der Waals surface area contributed by atoms with Crippen molar-refractivity contribution in [2.75, 3.05) is 0 Å². The number of tetrazole rings is 1. The van der Waals surface area contributed by atoms with Crippen LogP contribution in [-0.4, -0.2) is 30.0 Å². The lowest BCUT2D eigenvalue weighted by molar-refractivity contribution is 0.476. The number of hydrogen-bond donors (Lipinski definition) is 0. The van der Waals surface area contributed by atoms with E-state index in [4.69, 9.17) is 5.26 Å². The van der Waals surface area contributed by atoms with E-state index in [2.05, 4.69) is 56.5 Å². The summed E-state index contributed by atoms with van der Waals surface area (Å²) >= 11 is 3.60. The van der Waals surface area contributed by atoms with Crippen LogP contribution in [0.25, 0.3) is 11.4 Å². The Morgan fingerprint density at radius 3 is 2.62 bits per heavy atom. The Morgan fingerprint density at radius 1 is 1.21 bits per heavy atom. The van der Waals surface area contributed by atoms with Crippen molar-refractivity contribution in [1.82, 2.24) is 30.0 Å². The minimum absolute atomic E-state index is 0.490. The first-order valence-electron chi connectivity index (χ1n) is 7.55. The molecule has 7 nitrogen and oxygen atoms in total. The van der Waals surface area contributed by atoms with E-state index in [0.29, 0.717) is 23.9 Å². The first kappa shape index (κ1) is 16.3. The number of hydrogen-bond acceptors (Lipinski definition) is 5. The van der Waals surface area contributed by atoms with Crippen LogP contribution in [0.2, 0.25) is 0 Å². The zero-order valence-electron chi connectivity index (χ0n) is 13.4. The van der Waals surface area contributed by atoms with Crippen LogP contribution in [-0.2, 0) is 13.1 Å². The maximum atomic E-state index is 8.87. The van der Waals surface area contributed by atoms with E-state index >= 15 is 0 Å². The van der Waals surface area contributed by atoms with Crippen LogP contribution in [0.3, 0.4) is 0 Å². The monoisotopic (exact) mass is 385 g/mol. The molecular weight excluding hydrogens is 370 g/mol. The van der Waals surface area contributed by atoms with Crippen molar-refractivity contribution >= 4 is 15.9 Å². The van der Waals surface area contributed by atoms with Gasteiger partial charge in [-0.2, -0.15) is 10.4 Å². The van der Waals surface area contributed by atoms with E-state index in [1.165, 1.54) is 0 Å². The van der Waals surface area contributed by atoms with Crippen molar-refractivity contribution in [3.63, 3.8) is 0 Å². The first-order chi connectivity index (χ1) is 11.6. The SMILES string of the molecule is CC(C)Cn1ncc(-c2nnnn2Cc2ccc(C#N)cc2)c1Br. The highest BCUT2D eigenvalue weighted by atomic mass is 79.9. The third-order valence-corrected chi connectivity index (χ3v) is 4.34. The highest BCUT2D eigenvalue weighted by molar-refractivity contribution is 9.10. The molecule has 0 atom stereocenters. The lowest BCUT2D eigenvalue weighted by Crippen LogP contribution is -2.07. The second kappa shape index (κ2) is 6.93. The molecule has 0 aliphatic heterocycles. The molecule has 0 unspecified atom stereocenters. The number of halogens is 1. The van der Waals surface area contributed by atoms with Gasteiger partial charge in [-0.25, -0.2) is 4.68 Å². The van der Waals surface area contributed by atoms with Crippen LogP contribution in [0.1, 0.15) is 25.0 Å². The zero-order chi connectivity index (χ0) is 17.1. The van der Waals surface area contributed by atoms with Gasteiger partial charge in [0, 0.05) is 6.54 Å². The van der Waals surface area contributed by atoms with Crippen LogP contribution in [0.15, 0.2) is 35.1 Å². The quantitative estimate of drug-likeness (QED) is 0.673. The summed E-state index contributed by atoms with van der Waals surface area (Å²) in [7, 11) is 0. The second-order valence-electron chi connectivity index (χ2n) is 5.89. The van der Waals surface area contributed by atoms with Crippen molar-refractivity contribution < 1.29 is 0 Å².